The Hall–Kier alpha value is -2.80. The average molecular weight is 853 g/mol. The molecule has 0 aliphatic carbocycles. The van der Waals surface area contributed by atoms with E-state index in [0.29, 0.717) is 34.5 Å². The zero-order valence-corrected chi connectivity index (χ0v) is 29.6. The molecule has 0 aliphatic heterocycles. The van der Waals surface area contributed by atoms with Crippen molar-refractivity contribution in [2.24, 2.45) is 0 Å². The fourth-order valence-electron chi connectivity index (χ4n) is 4.01. The maximum atomic E-state index is 13.7. The van der Waals surface area contributed by atoms with Gasteiger partial charge in [0.25, 0.3) is 0 Å². The molecule has 1 heterocycles. The Morgan fingerprint density at radius 3 is 2.00 bits per heavy atom. The monoisotopic (exact) mass is 853 g/mol. The number of ether oxygens (including phenoxy) is 2. The number of aliphatic hydroxyl groups excluding tert-OH is 2. The van der Waals surface area contributed by atoms with Crippen LogP contribution in [0.25, 0.3) is 11.0 Å². The van der Waals surface area contributed by atoms with E-state index < -0.39 is 30.1 Å². The topological polar surface area (TPSA) is 184 Å². The van der Waals surface area contributed by atoms with Crippen molar-refractivity contribution in [2.45, 2.75) is 58.8 Å². The van der Waals surface area contributed by atoms with Gasteiger partial charge < -0.3 is 39.2 Å². The van der Waals surface area contributed by atoms with Crippen molar-refractivity contribution in [3.05, 3.63) is 60.4 Å². The van der Waals surface area contributed by atoms with Crippen molar-refractivity contribution in [1.29, 1.82) is 0 Å². The summed E-state index contributed by atoms with van der Waals surface area (Å²) in [6, 6.07) is 11.0. The van der Waals surface area contributed by atoms with E-state index in [-0.39, 0.29) is 18.3 Å². The number of carboxylic acids is 2. The van der Waals surface area contributed by atoms with Gasteiger partial charge in [-0.05, 0) is 89.8 Å². The fourth-order valence-corrected chi connectivity index (χ4v) is 6.09. The molecule has 0 bridgehead atoms. The maximum Gasteiger partial charge on any atom is 0.335 e. The smallest absolute Gasteiger partial charge is 0.335 e. The minimum Gasteiger partial charge on any atom is -0.490 e. The minimum absolute atomic E-state index is 0.0964. The molecule has 0 aliphatic rings. The molecular weight excluding hydrogens is 816 g/mol. The van der Waals surface area contributed by atoms with E-state index in [2.05, 4.69) is 63.9 Å². The van der Waals surface area contributed by atoms with E-state index >= 15 is 0 Å². The number of nitrogens with zero attached hydrogens (tertiary/aromatic N) is 1. The highest BCUT2D eigenvalue weighted by molar-refractivity contribution is 14.1. The number of likely N-dealkylation sites (N-methyl/N-ethyl adjacent to an activating group) is 1. The van der Waals surface area contributed by atoms with Gasteiger partial charge in [-0.2, -0.15) is 0 Å². The highest BCUT2D eigenvalue weighted by atomic mass is 127. The first-order valence-electron chi connectivity index (χ1n) is 14.2. The minimum atomic E-state index is -2.27. The number of carboxylic acid groups (broad SMARTS) is 2. The van der Waals surface area contributed by atoms with Gasteiger partial charge in [-0.1, -0.05) is 39.0 Å². The molecule has 45 heavy (non-hydrogen) atoms. The number of rotatable bonds is 15. The molecule has 1 aromatic heterocycles. The Balaban J connectivity index is 0.000000607. The van der Waals surface area contributed by atoms with E-state index in [1.165, 1.54) is 0 Å². The van der Waals surface area contributed by atoms with Gasteiger partial charge >= 0.3 is 17.9 Å². The number of ketones is 1. The van der Waals surface area contributed by atoms with Crippen LogP contribution < -0.4 is 4.74 Å². The third-order valence-corrected chi connectivity index (χ3v) is 8.32. The van der Waals surface area contributed by atoms with Gasteiger partial charge in [0.05, 0.1) is 18.8 Å². The number of aliphatic carboxylic acids is 2. The predicted molar refractivity (Wildman–Crippen MR) is 182 cm³/mol. The van der Waals surface area contributed by atoms with Crippen molar-refractivity contribution in [3.63, 3.8) is 0 Å². The van der Waals surface area contributed by atoms with Crippen molar-refractivity contribution in [2.75, 3.05) is 26.2 Å². The number of carbonyl (C=O) groups excluding carboxylic acids is 2. The second-order valence-electron chi connectivity index (χ2n) is 9.82. The molecule has 14 heteroatoms. The molecule has 3 atom stereocenters. The number of aliphatic hydroxyl groups is 2. The molecule has 0 radical (unpaired) electrons. The van der Waals surface area contributed by atoms with E-state index in [9.17, 15) is 19.2 Å². The van der Waals surface area contributed by atoms with Crippen LogP contribution in [0.4, 0.5) is 0 Å². The largest absolute Gasteiger partial charge is 0.490 e. The Morgan fingerprint density at radius 2 is 1.49 bits per heavy atom. The Kier molecular flexibility index (Phi) is 15.7. The summed E-state index contributed by atoms with van der Waals surface area (Å²) in [5, 5.41) is 33.2. The zero-order chi connectivity index (χ0) is 33.8. The Morgan fingerprint density at radius 1 is 0.933 bits per heavy atom. The number of furan rings is 1. The Bertz CT molecular complexity index is 1440. The van der Waals surface area contributed by atoms with Crippen molar-refractivity contribution in [1.82, 2.24) is 4.90 Å². The summed E-state index contributed by atoms with van der Waals surface area (Å²) < 4.78 is 19.2. The number of hydrogen-bond donors (Lipinski definition) is 4. The predicted octanol–water partition coefficient (Wildman–Crippen LogP) is 4.36. The molecule has 0 saturated carbocycles. The summed E-state index contributed by atoms with van der Waals surface area (Å²) in [5.74, 6) is -3.02. The van der Waals surface area contributed by atoms with Gasteiger partial charge in [0.15, 0.2) is 18.0 Å². The Labute approximate surface area is 288 Å². The van der Waals surface area contributed by atoms with Gasteiger partial charge in [0.1, 0.15) is 30.1 Å². The van der Waals surface area contributed by atoms with Crippen LogP contribution in [0.2, 0.25) is 0 Å². The molecule has 3 aromatic rings. The molecule has 4 N–H and O–H groups in total. The molecule has 0 unspecified atom stereocenters. The van der Waals surface area contributed by atoms with Crippen molar-refractivity contribution in [3.8, 4) is 5.75 Å². The van der Waals surface area contributed by atoms with Crippen molar-refractivity contribution < 1.29 is 53.5 Å². The van der Waals surface area contributed by atoms with E-state index in [0.717, 1.165) is 38.9 Å². The lowest BCUT2D eigenvalue weighted by molar-refractivity contribution is -0.165. The summed E-state index contributed by atoms with van der Waals surface area (Å²) in [6.45, 7) is 11.4. The molecule has 0 fully saturated rings. The summed E-state index contributed by atoms with van der Waals surface area (Å²) in [5.41, 5.74) is 1.50. The van der Waals surface area contributed by atoms with Gasteiger partial charge in [0.2, 0.25) is 0 Å². The maximum absolute atomic E-state index is 13.7. The first-order chi connectivity index (χ1) is 21.2. The van der Waals surface area contributed by atoms with Crippen LogP contribution in [0.3, 0.4) is 0 Å². The number of fused-ring (bicyclic) bond motifs is 1. The van der Waals surface area contributed by atoms with Crippen LogP contribution in [0, 0.1) is 7.14 Å². The molecule has 246 valence electrons. The lowest BCUT2D eigenvalue weighted by atomic mass is 9.99. The molecular formula is C31H37I2NO11. The van der Waals surface area contributed by atoms with E-state index in [1.807, 2.05) is 44.2 Å². The summed E-state index contributed by atoms with van der Waals surface area (Å²) in [4.78, 5) is 48.1. The highest BCUT2D eigenvalue weighted by Crippen LogP contribution is 2.33. The van der Waals surface area contributed by atoms with Gasteiger partial charge in [0, 0.05) is 17.5 Å². The van der Waals surface area contributed by atoms with Crippen LogP contribution in [0.1, 0.15) is 55.8 Å². The fraction of sp³-hybridized carbons (Fsp3) is 0.419. The average Bonchev–Trinajstić information content (AvgIpc) is 3.36. The second-order valence-corrected chi connectivity index (χ2v) is 12.1. The van der Waals surface area contributed by atoms with Crippen LogP contribution in [0.15, 0.2) is 40.8 Å². The van der Waals surface area contributed by atoms with Crippen LogP contribution in [-0.4, -0.2) is 93.6 Å². The SMILES string of the molecule is CC[C@H](C)OC(=O)Cc1oc2ccccc2c1C(=O)c1cc(I)c(OCCN(CC)CC)c(I)c1.O=C(O)[C@H](O)[C@@H](O)C(=O)O. The molecule has 12 nitrogen and oxygen atoms in total. The van der Waals surface area contributed by atoms with Gasteiger partial charge in [-0.25, -0.2) is 9.59 Å². The first kappa shape index (κ1) is 38.4. The lowest BCUT2D eigenvalue weighted by Gasteiger charge is -2.19. The van der Waals surface area contributed by atoms with Crippen LogP contribution in [-0.2, 0) is 25.5 Å². The lowest BCUT2D eigenvalue weighted by Crippen LogP contribution is -2.39. The second kappa shape index (κ2) is 18.4. The number of halogens is 2. The number of esters is 1. The number of hydrogen-bond acceptors (Lipinski definition) is 10. The number of benzene rings is 2. The normalized spacial score (nSPS) is 13.0. The third kappa shape index (κ3) is 10.9. The van der Waals surface area contributed by atoms with Crippen LogP contribution in [0.5, 0.6) is 5.75 Å². The third-order valence-electron chi connectivity index (χ3n) is 6.72. The molecule has 2 aromatic carbocycles. The van der Waals surface area contributed by atoms with Gasteiger partial charge in [-0.15, -0.1) is 0 Å². The van der Waals surface area contributed by atoms with Crippen molar-refractivity contribution >= 4 is 79.8 Å². The summed E-state index contributed by atoms with van der Waals surface area (Å²) in [7, 11) is 0. The molecule has 3 rings (SSSR count). The standard InChI is InChI=1S/C27H31I2NO5.C4H6O6/c1-5-17(4)34-24(31)16-23-25(19-10-8-9-11-22(19)35-23)26(32)18-14-20(28)27(21(29)15-18)33-13-12-30(6-2)7-3;5-1(3(7)8)2(6)4(9)10/h8-11,14-15,17H,5-7,12-13,16H2,1-4H3;1-2,5-6H,(H,7,8)(H,9,10)/t17-;1-,2-/m01/s1. The molecule has 0 amide bonds. The van der Waals surface area contributed by atoms with E-state index in [1.54, 1.807) is 6.07 Å². The highest BCUT2D eigenvalue weighted by Gasteiger charge is 2.29. The van der Waals surface area contributed by atoms with E-state index in [4.69, 9.17) is 34.3 Å². The van der Waals surface area contributed by atoms with Crippen LogP contribution >= 0.6 is 45.2 Å². The number of para-hydroxylation sites is 1. The number of carbonyl (C=O) groups is 4. The molecule has 0 saturated heterocycles. The summed E-state index contributed by atoms with van der Waals surface area (Å²) >= 11 is 4.42. The van der Waals surface area contributed by atoms with Gasteiger partial charge in [-0.3, -0.25) is 9.59 Å². The summed E-state index contributed by atoms with van der Waals surface area (Å²) in [6.07, 6.45) is -4.10. The first-order valence-corrected chi connectivity index (χ1v) is 16.3. The quantitative estimate of drug-likeness (QED) is 0.0965. The zero-order valence-electron chi connectivity index (χ0n) is 25.3. The molecule has 0 spiro atoms.